The summed E-state index contributed by atoms with van der Waals surface area (Å²) in [5.74, 6) is 1.32. The highest BCUT2D eigenvalue weighted by Crippen LogP contribution is 2.44. The topological polar surface area (TPSA) is 34.1 Å². The van der Waals surface area contributed by atoms with Crippen LogP contribution in [0, 0.1) is 5.92 Å². The largest absolute Gasteiger partial charge is 0.476 e. The minimum absolute atomic E-state index is 0.0776. The molecule has 2 heterocycles. The van der Waals surface area contributed by atoms with Crippen molar-refractivity contribution in [2.45, 2.75) is 51.9 Å². The van der Waals surface area contributed by atoms with E-state index in [9.17, 15) is 0 Å². The monoisotopic (exact) mass is 197 g/mol. The third-order valence-corrected chi connectivity index (χ3v) is 2.85. The molecule has 14 heavy (non-hydrogen) atoms. The van der Waals surface area contributed by atoms with Crippen molar-refractivity contribution in [2.24, 2.45) is 10.9 Å². The normalized spacial score (nSPS) is 39.6. The Kier molecular flexibility index (Phi) is 1.94. The zero-order valence-electron chi connectivity index (χ0n) is 9.63. The van der Waals surface area contributed by atoms with Crippen LogP contribution in [0.2, 0.25) is 0 Å². The maximum Gasteiger partial charge on any atom is 0.219 e. The fourth-order valence-corrected chi connectivity index (χ4v) is 2.01. The van der Waals surface area contributed by atoms with Crippen LogP contribution >= 0.6 is 0 Å². The van der Waals surface area contributed by atoms with Crippen LogP contribution in [0.1, 0.15) is 34.6 Å². The second kappa shape index (κ2) is 2.72. The fraction of sp³-hybridized carbons (Fsp3) is 0.909. The number of hydrogen-bond donors (Lipinski definition) is 0. The van der Waals surface area contributed by atoms with Crippen molar-refractivity contribution in [2.75, 3.05) is 6.61 Å². The molecule has 2 aliphatic heterocycles. The van der Waals surface area contributed by atoms with Crippen LogP contribution in [0.25, 0.3) is 0 Å². The van der Waals surface area contributed by atoms with Crippen molar-refractivity contribution in [3.05, 3.63) is 0 Å². The Morgan fingerprint density at radius 3 is 2.36 bits per heavy atom. The summed E-state index contributed by atoms with van der Waals surface area (Å²) < 4.78 is 11.3. The zero-order chi connectivity index (χ0) is 10.6. The van der Waals surface area contributed by atoms with Gasteiger partial charge in [0.25, 0.3) is 0 Å². The van der Waals surface area contributed by atoms with Gasteiger partial charge >= 0.3 is 0 Å². The van der Waals surface area contributed by atoms with Gasteiger partial charge in [0, 0.05) is 0 Å². The first kappa shape index (κ1) is 9.97. The summed E-state index contributed by atoms with van der Waals surface area (Å²) in [5, 5.41) is 0. The predicted molar refractivity (Wildman–Crippen MR) is 55.6 cm³/mol. The Bertz CT molecular complexity index is 283. The zero-order valence-corrected chi connectivity index (χ0v) is 9.63. The molecule has 0 saturated carbocycles. The minimum Gasteiger partial charge on any atom is -0.476 e. The summed E-state index contributed by atoms with van der Waals surface area (Å²) in [7, 11) is 0. The lowest BCUT2D eigenvalue weighted by Crippen LogP contribution is -2.25. The lowest BCUT2D eigenvalue weighted by atomic mass is 9.99. The van der Waals surface area contributed by atoms with Gasteiger partial charge in [-0.2, -0.15) is 0 Å². The van der Waals surface area contributed by atoms with E-state index in [-0.39, 0.29) is 17.2 Å². The third-order valence-electron chi connectivity index (χ3n) is 2.85. The highest BCUT2D eigenvalue weighted by molar-refractivity contribution is 5.89. The molecule has 0 aliphatic carbocycles. The second-order valence-corrected chi connectivity index (χ2v) is 5.41. The Balaban J connectivity index is 2.12. The van der Waals surface area contributed by atoms with E-state index in [1.54, 1.807) is 0 Å². The lowest BCUT2D eigenvalue weighted by Gasteiger charge is -2.07. The van der Waals surface area contributed by atoms with Gasteiger partial charge < -0.3 is 9.47 Å². The van der Waals surface area contributed by atoms with Gasteiger partial charge in [-0.3, -0.25) is 0 Å². The summed E-state index contributed by atoms with van der Waals surface area (Å²) in [6.45, 7) is 11.2. The van der Waals surface area contributed by atoms with E-state index in [4.69, 9.17) is 9.47 Å². The van der Waals surface area contributed by atoms with Crippen molar-refractivity contribution in [3.63, 3.8) is 0 Å². The number of epoxide rings is 1. The van der Waals surface area contributed by atoms with Crippen molar-refractivity contribution >= 4 is 5.90 Å². The van der Waals surface area contributed by atoms with Crippen LogP contribution in [0.5, 0.6) is 0 Å². The molecule has 0 aromatic heterocycles. The first-order chi connectivity index (χ1) is 6.35. The van der Waals surface area contributed by atoms with E-state index >= 15 is 0 Å². The second-order valence-electron chi connectivity index (χ2n) is 5.41. The SMILES string of the molecule is CC(C)[C@@H]1O[C@@]1(C)C1=NC(C)(C)CO1. The number of rotatable bonds is 2. The maximum absolute atomic E-state index is 5.69. The summed E-state index contributed by atoms with van der Waals surface area (Å²) in [6.07, 6.45) is 0.273. The van der Waals surface area contributed by atoms with E-state index < -0.39 is 0 Å². The van der Waals surface area contributed by atoms with Crippen LogP contribution in [0.3, 0.4) is 0 Å². The van der Waals surface area contributed by atoms with E-state index in [1.165, 1.54) is 0 Å². The molecule has 0 N–H and O–H groups in total. The standard InChI is InChI=1S/C11H19NO2/c1-7(2)8-11(5,14-8)9-12-10(3,4)6-13-9/h7-8H,6H2,1-5H3/t8-,11+/m0/s1. The minimum atomic E-state index is -0.248. The Hall–Kier alpha value is -0.570. The van der Waals surface area contributed by atoms with Crippen LogP contribution in [0.15, 0.2) is 4.99 Å². The van der Waals surface area contributed by atoms with Gasteiger partial charge in [-0.05, 0) is 26.7 Å². The summed E-state index contributed by atoms with van der Waals surface area (Å²) in [5.41, 5.74) is -0.326. The number of nitrogens with zero attached hydrogens (tertiary/aromatic N) is 1. The Labute approximate surface area is 85.5 Å². The van der Waals surface area contributed by atoms with Crippen molar-refractivity contribution in [1.29, 1.82) is 0 Å². The van der Waals surface area contributed by atoms with Crippen LogP contribution in [0.4, 0.5) is 0 Å². The summed E-state index contributed by atoms with van der Waals surface area (Å²) in [6, 6.07) is 0. The van der Waals surface area contributed by atoms with E-state index in [0.29, 0.717) is 12.5 Å². The summed E-state index contributed by atoms with van der Waals surface area (Å²) >= 11 is 0. The van der Waals surface area contributed by atoms with E-state index in [0.717, 1.165) is 5.90 Å². The molecule has 0 amide bonds. The molecule has 2 rings (SSSR count). The van der Waals surface area contributed by atoms with Gasteiger partial charge in [0.15, 0.2) is 5.60 Å². The molecular weight excluding hydrogens is 178 g/mol. The highest BCUT2D eigenvalue weighted by Gasteiger charge is 2.60. The van der Waals surface area contributed by atoms with E-state index in [2.05, 4.69) is 39.6 Å². The number of hydrogen-bond acceptors (Lipinski definition) is 3. The molecule has 0 radical (unpaired) electrons. The van der Waals surface area contributed by atoms with E-state index in [1.807, 2.05) is 0 Å². The fourth-order valence-electron chi connectivity index (χ4n) is 2.01. The van der Waals surface area contributed by atoms with Crippen molar-refractivity contribution in [1.82, 2.24) is 0 Å². The maximum atomic E-state index is 5.69. The van der Waals surface area contributed by atoms with Crippen molar-refractivity contribution in [3.8, 4) is 0 Å². The van der Waals surface area contributed by atoms with Gasteiger partial charge in [0.2, 0.25) is 5.90 Å². The molecule has 0 aromatic rings. The molecule has 1 fully saturated rings. The van der Waals surface area contributed by atoms with Crippen LogP contribution < -0.4 is 0 Å². The third kappa shape index (κ3) is 1.44. The Morgan fingerprint density at radius 2 is 2.00 bits per heavy atom. The average molecular weight is 197 g/mol. The average Bonchev–Trinajstić information content (AvgIpc) is 2.61. The smallest absolute Gasteiger partial charge is 0.219 e. The highest BCUT2D eigenvalue weighted by atomic mass is 16.6. The molecule has 3 heteroatoms. The molecule has 0 aromatic carbocycles. The first-order valence-electron chi connectivity index (χ1n) is 5.26. The van der Waals surface area contributed by atoms with Gasteiger partial charge in [-0.1, -0.05) is 13.8 Å². The summed E-state index contributed by atoms with van der Waals surface area (Å²) in [4.78, 5) is 4.56. The van der Waals surface area contributed by atoms with Crippen LogP contribution in [-0.2, 0) is 9.47 Å². The molecule has 3 nitrogen and oxygen atoms in total. The molecule has 0 unspecified atom stereocenters. The van der Waals surface area contributed by atoms with Gasteiger partial charge in [-0.25, -0.2) is 4.99 Å². The lowest BCUT2D eigenvalue weighted by molar-refractivity contribution is 0.249. The number of ether oxygens (including phenoxy) is 2. The quantitative estimate of drug-likeness (QED) is 0.634. The van der Waals surface area contributed by atoms with Crippen LogP contribution in [-0.4, -0.2) is 29.7 Å². The molecule has 1 saturated heterocycles. The molecule has 0 bridgehead atoms. The van der Waals surface area contributed by atoms with Gasteiger partial charge in [0.05, 0.1) is 11.6 Å². The predicted octanol–water partition coefficient (Wildman–Crippen LogP) is 2.01. The molecule has 2 atom stereocenters. The first-order valence-corrected chi connectivity index (χ1v) is 5.26. The Morgan fingerprint density at radius 1 is 1.36 bits per heavy atom. The van der Waals surface area contributed by atoms with Gasteiger partial charge in [-0.15, -0.1) is 0 Å². The van der Waals surface area contributed by atoms with Crippen molar-refractivity contribution < 1.29 is 9.47 Å². The number of aliphatic imine (C=N–C) groups is 1. The molecule has 2 aliphatic rings. The van der Waals surface area contributed by atoms with Gasteiger partial charge in [0.1, 0.15) is 6.61 Å². The molecule has 0 spiro atoms. The molecular formula is C11H19NO2. The molecule has 80 valence electrons.